The minimum absolute atomic E-state index is 0.124. The molecule has 0 bridgehead atoms. The third kappa shape index (κ3) is 2.94. The minimum atomic E-state index is -0.267. The van der Waals surface area contributed by atoms with Crippen LogP contribution in [-0.2, 0) is 4.79 Å². The van der Waals surface area contributed by atoms with Crippen LogP contribution in [-0.4, -0.2) is 23.4 Å². The van der Waals surface area contributed by atoms with E-state index >= 15 is 0 Å². The van der Waals surface area contributed by atoms with E-state index in [1.165, 1.54) is 0 Å². The van der Waals surface area contributed by atoms with Crippen LogP contribution in [0.25, 0.3) is 0 Å². The van der Waals surface area contributed by atoms with Gasteiger partial charge in [0.2, 0.25) is 5.91 Å². The molecule has 1 heterocycles. The Morgan fingerprint density at radius 3 is 2.74 bits per heavy atom. The second kappa shape index (κ2) is 5.85. The molecule has 0 spiro atoms. The summed E-state index contributed by atoms with van der Waals surface area (Å²) in [6.45, 7) is 2.91. The van der Waals surface area contributed by atoms with Gasteiger partial charge in [-0.1, -0.05) is 12.1 Å². The zero-order chi connectivity index (χ0) is 13.8. The molecule has 2 N–H and O–H groups in total. The number of hydrogen-bond acceptors (Lipinski definition) is 3. The van der Waals surface area contributed by atoms with Crippen molar-refractivity contribution in [2.45, 2.75) is 31.8 Å². The first-order valence-corrected chi connectivity index (χ1v) is 6.50. The van der Waals surface area contributed by atoms with E-state index in [1.54, 1.807) is 12.1 Å². The first-order valence-electron chi connectivity index (χ1n) is 6.50. The van der Waals surface area contributed by atoms with Crippen LogP contribution in [0.2, 0.25) is 0 Å². The average molecular weight is 256 g/mol. The number of nitrogens with two attached hydrogens (primary N) is 1. The summed E-state index contributed by atoms with van der Waals surface area (Å²) in [6.07, 6.45) is 3.82. The largest absolute Gasteiger partial charge is 0.368 e. The van der Waals surface area contributed by atoms with Crippen molar-refractivity contribution in [2.24, 2.45) is 5.73 Å². The molecule has 2 rings (SSSR count). The summed E-state index contributed by atoms with van der Waals surface area (Å²) in [7, 11) is 0. The number of primary amides is 1. The van der Waals surface area contributed by atoms with Crippen molar-refractivity contribution in [1.82, 2.24) is 4.90 Å². The molecule has 0 saturated carbocycles. The molecule has 1 fully saturated rings. The summed E-state index contributed by atoms with van der Waals surface area (Å²) in [6, 6.07) is 9.51. The van der Waals surface area contributed by atoms with Crippen molar-refractivity contribution in [3.05, 3.63) is 41.8 Å². The fourth-order valence-electron chi connectivity index (χ4n) is 2.58. The Morgan fingerprint density at radius 2 is 2.16 bits per heavy atom. The van der Waals surface area contributed by atoms with Crippen molar-refractivity contribution < 1.29 is 4.79 Å². The van der Waals surface area contributed by atoms with E-state index in [0.717, 1.165) is 24.9 Å². The van der Waals surface area contributed by atoms with Crippen molar-refractivity contribution in [2.75, 3.05) is 6.54 Å². The number of likely N-dealkylation sites (tertiary alicyclic amines) is 1. The van der Waals surface area contributed by atoms with Gasteiger partial charge in [0.15, 0.2) is 0 Å². The lowest BCUT2D eigenvalue weighted by Crippen LogP contribution is -2.48. The number of carbonyl (C=O) groups excluding carboxylic acids is 1. The highest BCUT2D eigenvalue weighted by Gasteiger charge is 2.30. The maximum absolute atomic E-state index is 11.5. The molecule has 1 aliphatic rings. The minimum Gasteiger partial charge on any atom is -0.368 e. The third-order valence-electron chi connectivity index (χ3n) is 3.73. The quantitative estimate of drug-likeness (QED) is 0.896. The Bertz CT molecular complexity index is 489. The van der Waals surface area contributed by atoms with E-state index < -0.39 is 0 Å². The zero-order valence-corrected chi connectivity index (χ0v) is 11.0. The molecule has 1 saturated heterocycles. The lowest BCUT2D eigenvalue weighted by molar-refractivity contribution is -0.124. The van der Waals surface area contributed by atoms with Gasteiger partial charge in [0.1, 0.15) is 0 Å². The summed E-state index contributed by atoms with van der Waals surface area (Å²) in [5.74, 6) is -0.267. The van der Waals surface area contributed by atoms with Crippen LogP contribution in [0.5, 0.6) is 0 Å². The van der Waals surface area contributed by atoms with E-state index in [9.17, 15) is 4.79 Å². The molecule has 1 radical (unpaired) electrons. The predicted molar refractivity (Wildman–Crippen MR) is 72.8 cm³/mol. The first kappa shape index (κ1) is 13.6. The SMILES string of the molecule is CC(c1ccc(C#N)cc1)N1CC[CH]CC1C(N)=O. The van der Waals surface area contributed by atoms with E-state index in [0.29, 0.717) is 5.56 Å². The molecular weight excluding hydrogens is 238 g/mol. The number of nitriles is 1. The van der Waals surface area contributed by atoms with Crippen LogP contribution in [0, 0.1) is 17.8 Å². The maximum Gasteiger partial charge on any atom is 0.234 e. The smallest absolute Gasteiger partial charge is 0.234 e. The molecule has 0 aliphatic carbocycles. The predicted octanol–water partition coefficient (Wildman–Crippen LogP) is 1.77. The molecular formula is C15H18N3O. The van der Waals surface area contributed by atoms with Crippen LogP contribution in [0.15, 0.2) is 24.3 Å². The molecule has 4 nitrogen and oxygen atoms in total. The molecule has 2 atom stereocenters. The highest BCUT2D eigenvalue weighted by molar-refractivity contribution is 5.80. The molecule has 4 heteroatoms. The lowest BCUT2D eigenvalue weighted by Gasteiger charge is -2.38. The molecule has 19 heavy (non-hydrogen) atoms. The summed E-state index contributed by atoms with van der Waals surface area (Å²) in [5, 5.41) is 8.80. The van der Waals surface area contributed by atoms with Gasteiger partial charge in [-0.25, -0.2) is 0 Å². The summed E-state index contributed by atoms with van der Waals surface area (Å²) >= 11 is 0. The number of piperidine rings is 1. The monoisotopic (exact) mass is 256 g/mol. The highest BCUT2D eigenvalue weighted by atomic mass is 16.1. The molecule has 99 valence electrons. The normalized spacial score (nSPS) is 21.6. The van der Waals surface area contributed by atoms with Gasteiger partial charge in [-0.2, -0.15) is 5.26 Å². The Labute approximate surface area is 113 Å². The van der Waals surface area contributed by atoms with Gasteiger partial charge >= 0.3 is 0 Å². The second-order valence-corrected chi connectivity index (χ2v) is 4.88. The molecule has 1 aromatic carbocycles. The van der Waals surface area contributed by atoms with Gasteiger partial charge in [0.25, 0.3) is 0 Å². The maximum atomic E-state index is 11.5. The Kier molecular flexibility index (Phi) is 4.18. The van der Waals surface area contributed by atoms with Crippen LogP contribution in [0.4, 0.5) is 0 Å². The highest BCUT2D eigenvalue weighted by Crippen LogP contribution is 2.28. The molecule has 1 amide bonds. The summed E-state index contributed by atoms with van der Waals surface area (Å²) < 4.78 is 0. The van der Waals surface area contributed by atoms with Crippen molar-refractivity contribution in [3.63, 3.8) is 0 Å². The van der Waals surface area contributed by atoms with E-state index in [4.69, 9.17) is 11.0 Å². The number of carbonyl (C=O) groups is 1. The second-order valence-electron chi connectivity index (χ2n) is 4.88. The van der Waals surface area contributed by atoms with Gasteiger partial charge < -0.3 is 5.73 Å². The summed E-state index contributed by atoms with van der Waals surface area (Å²) in [4.78, 5) is 13.7. The van der Waals surface area contributed by atoms with Crippen molar-refractivity contribution >= 4 is 5.91 Å². The fourth-order valence-corrected chi connectivity index (χ4v) is 2.58. The topological polar surface area (TPSA) is 70.1 Å². The molecule has 2 unspecified atom stereocenters. The van der Waals surface area contributed by atoms with Crippen molar-refractivity contribution in [1.29, 1.82) is 5.26 Å². The Hall–Kier alpha value is -1.86. The molecule has 1 aliphatic heterocycles. The fraction of sp³-hybridized carbons (Fsp3) is 0.400. The lowest BCUT2D eigenvalue weighted by atomic mass is 9.96. The third-order valence-corrected chi connectivity index (χ3v) is 3.73. The number of hydrogen-bond donors (Lipinski definition) is 1. The van der Waals surface area contributed by atoms with Gasteiger partial charge in [-0.3, -0.25) is 9.69 Å². The average Bonchev–Trinajstić information content (AvgIpc) is 2.46. The van der Waals surface area contributed by atoms with E-state index in [-0.39, 0.29) is 18.0 Å². The Morgan fingerprint density at radius 1 is 1.47 bits per heavy atom. The zero-order valence-electron chi connectivity index (χ0n) is 11.0. The molecule has 1 aromatic rings. The summed E-state index contributed by atoms with van der Waals surface area (Å²) in [5.41, 5.74) is 7.23. The van der Waals surface area contributed by atoms with Crippen LogP contribution in [0.3, 0.4) is 0 Å². The molecule has 0 aromatic heterocycles. The number of nitrogens with zero attached hydrogens (tertiary/aromatic N) is 2. The van der Waals surface area contributed by atoms with Gasteiger partial charge in [-0.15, -0.1) is 0 Å². The van der Waals surface area contributed by atoms with Crippen LogP contribution < -0.4 is 5.73 Å². The van der Waals surface area contributed by atoms with E-state index in [1.807, 2.05) is 12.1 Å². The number of benzene rings is 1. The van der Waals surface area contributed by atoms with E-state index in [2.05, 4.69) is 24.3 Å². The van der Waals surface area contributed by atoms with Gasteiger partial charge in [0, 0.05) is 6.04 Å². The first-order chi connectivity index (χ1) is 9.13. The number of rotatable bonds is 3. The van der Waals surface area contributed by atoms with Crippen molar-refractivity contribution in [3.8, 4) is 6.07 Å². The standard InChI is InChI=1S/C15H18N3O/c1-11(13-7-5-12(10-16)6-8-13)18-9-3-2-4-14(18)15(17)19/h2,5-8,11,14H,3-4,9H2,1H3,(H2,17,19). The Balaban J connectivity index is 2.18. The van der Waals surface area contributed by atoms with Crippen LogP contribution in [0.1, 0.15) is 36.9 Å². The number of amides is 1. The van der Waals surface area contributed by atoms with Gasteiger partial charge in [-0.05, 0) is 50.4 Å². The van der Waals surface area contributed by atoms with Gasteiger partial charge in [0.05, 0.1) is 17.7 Å². The van der Waals surface area contributed by atoms with Crippen LogP contribution >= 0.6 is 0 Å².